The van der Waals surface area contributed by atoms with Crippen molar-refractivity contribution in [1.29, 1.82) is 0 Å². The van der Waals surface area contributed by atoms with Crippen molar-refractivity contribution in [1.82, 2.24) is 15.1 Å². The summed E-state index contributed by atoms with van der Waals surface area (Å²) in [5, 5.41) is 6.64. The lowest BCUT2D eigenvalue weighted by Crippen LogP contribution is -2.25. The number of rotatable bonds is 3. The predicted molar refractivity (Wildman–Crippen MR) is 76.7 cm³/mol. The highest BCUT2D eigenvalue weighted by atomic mass is 19.1. The van der Waals surface area contributed by atoms with E-state index in [2.05, 4.69) is 22.3 Å². The number of hydrogen-bond donors (Lipinski definition) is 2. The van der Waals surface area contributed by atoms with Gasteiger partial charge in [-0.15, -0.1) is 0 Å². The SMILES string of the molecule is Cn1nccc1CNC(=O)c1ccc(C#CCN)cc1F. The van der Waals surface area contributed by atoms with Gasteiger partial charge in [-0.25, -0.2) is 4.39 Å². The van der Waals surface area contributed by atoms with Crippen molar-refractivity contribution in [3.05, 3.63) is 53.1 Å². The highest BCUT2D eigenvalue weighted by Gasteiger charge is 2.12. The minimum absolute atomic E-state index is 0.0181. The van der Waals surface area contributed by atoms with Crippen LogP contribution in [0, 0.1) is 17.7 Å². The summed E-state index contributed by atoms with van der Waals surface area (Å²) in [6.07, 6.45) is 1.63. The molecule has 0 fully saturated rings. The Hall–Kier alpha value is -2.65. The lowest BCUT2D eigenvalue weighted by Gasteiger charge is -2.06. The number of amides is 1. The van der Waals surface area contributed by atoms with E-state index in [0.29, 0.717) is 5.56 Å². The van der Waals surface area contributed by atoms with Crippen molar-refractivity contribution < 1.29 is 9.18 Å². The van der Waals surface area contributed by atoms with Crippen molar-refractivity contribution in [3.63, 3.8) is 0 Å². The van der Waals surface area contributed by atoms with Crippen LogP contribution in [0.4, 0.5) is 4.39 Å². The maximum absolute atomic E-state index is 13.9. The Balaban J connectivity index is 2.07. The summed E-state index contributed by atoms with van der Waals surface area (Å²) in [6.45, 7) is 0.484. The van der Waals surface area contributed by atoms with Gasteiger partial charge in [0.15, 0.2) is 0 Å². The molecule has 5 nitrogen and oxygen atoms in total. The van der Waals surface area contributed by atoms with Gasteiger partial charge in [-0.05, 0) is 24.3 Å². The van der Waals surface area contributed by atoms with Crippen LogP contribution in [0.15, 0.2) is 30.5 Å². The molecular weight excluding hydrogens is 271 g/mol. The van der Waals surface area contributed by atoms with E-state index in [1.807, 2.05) is 0 Å². The van der Waals surface area contributed by atoms with Crippen molar-refractivity contribution in [2.45, 2.75) is 6.54 Å². The van der Waals surface area contributed by atoms with Gasteiger partial charge in [-0.3, -0.25) is 9.48 Å². The molecule has 2 rings (SSSR count). The molecule has 0 aliphatic carbocycles. The van der Waals surface area contributed by atoms with Gasteiger partial charge in [0, 0.05) is 18.8 Å². The molecule has 0 atom stereocenters. The van der Waals surface area contributed by atoms with Gasteiger partial charge >= 0.3 is 0 Å². The third kappa shape index (κ3) is 3.68. The van der Waals surface area contributed by atoms with Crippen LogP contribution in [0.2, 0.25) is 0 Å². The summed E-state index contributed by atoms with van der Waals surface area (Å²) < 4.78 is 15.5. The van der Waals surface area contributed by atoms with Gasteiger partial charge in [0.25, 0.3) is 5.91 Å². The molecule has 1 aromatic carbocycles. The number of halogens is 1. The normalized spacial score (nSPS) is 9.86. The van der Waals surface area contributed by atoms with Gasteiger partial charge in [0.05, 0.1) is 24.3 Å². The van der Waals surface area contributed by atoms with Gasteiger partial charge in [0.1, 0.15) is 5.82 Å². The zero-order valence-corrected chi connectivity index (χ0v) is 11.6. The molecule has 0 aliphatic rings. The van der Waals surface area contributed by atoms with Crippen LogP contribution in [0.25, 0.3) is 0 Å². The van der Waals surface area contributed by atoms with Gasteiger partial charge in [-0.2, -0.15) is 5.10 Å². The Labute approximate surface area is 122 Å². The molecule has 0 bridgehead atoms. The number of benzene rings is 1. The zero-order chi connectivity index (χ0) is 15.2. The van der Waals surface area contributed by atoms with E-state index in [4.69, 9.17) is 5.73 Å². The first-order chi connectivity index (χ1) is 10.1. The summed E-state index contributed by atoms with van der Waals surface area (Å²) in [4.78, 5) is 12.0. The van der Waals surface area contributed by atoms with Crippen LogP contribution in [0.5, 0.6) is 0 Å². The van der Waals surface area contributed by atoms with E-state index in [1.165, 1.54) is 12.1 Å². The van der Waals surface area contributed by atoms with Gasteiger partial charge in [-0.1, -0.05) is 11.8 Å². The number of carbonyl (C=O) groups is 1. The lowest BCUT2D eigenvalue weighted by atomic mass is 10.1. The Bertz CT molecular complexity index is 712. The number of hydrogen-bond acceptors (Lipinski definition) is 3. The number of aromatic nitrogens is 2. The van der Waals surface area contributed by atoms with E-state index >= 15 is 0 Å². The molecule has 0 aliphatic heterocycles. The standard InChI is InChI=1S/C15H15FN4O/c1-20-12(6-8-19-20)10-18-15(21)13-5-4-11(3-2-7-17)9-14(13)16/h4-6,8-9H,7,10,17H2,1H3,(H,18,21). The summed E-state index contributed by atoms with van der Waals surface area (Å²) in [5.74, 6) is 4.26. The summed E-state index contributed by atoms with van der Waals surface area (Å²) >= 11 is 0. The average molecular weight is 286 g/mol. The average Bonchev–Trinajstić information content (AvgIpc) is 2.88. The quantitative estimate of drug-likeness (QED) is 0.820. The molecule has 1 amide bonds. The third-order valence-electron chi connectivity index (χ3n) is 2.90. The Kier molecular flexibility index (Phi) is 4.69. The zero-order valence-electron chi connectivity index (χ0n) is 11.6. The van der Waals surface area contributed by atoms with Crippen LogP contribution < -0.4 is 11.1 Å². The topological polar surface area (TPSA) is 72.9 Å². The molecule has 1 heterocycles. The molecule has 0 saturated heterocycles. The minimum Gasteiger partial charge on any atom is -0.346 e. The summed E-state index contributed by atoms with van der Waals surface area (Å²) in [5.41, 5.74) is 6.55. The highest BCUT2D eigenvalue weighted by Crippen LogP contribution is 2.10. The third-order valence-corrected chi connectivity index (χ3v) is 2.90. The lowest BCUT2D eigenvalue weighted by molar-refractivity contribution is 0.0946. The predicted octanol–water partition coefficient (Wildman–Crippen LogP) is 0.799. The molecule has 0 spiro atoms. The smallest absolute Gasteiger partial charge is 0.254 e. The second-order valence-electron chi connectivity index (χ2n) is 4.33. The Morgan fingerprint density at radius 3 is 2.90 bits per heavy atom. The van der Waals surface area contributed by atoms with Crippen molar-refractivity contribution >= 4 is 5.91 Å². The maximum Gasteiger partial charge on any atom is 0.254 e. The van der Waals surface area contributed by atoms with Crippen molar-refractivity contribution in [2.24, 2.45) is 12.8 Å². The van der Waals surface area contributed by atoms with Crippen LogP contribution >= 0.6 is 0 Å². The molecule has 6 heteroatoms. The minimum atomic E-state index is -0.610. The number of aryl methyl sites for hydroxylation is 1. The number of carbonyl (C=O) groups excluding carboxylic acids is 1. The van der Waals surface area contributed by atoms with E-state index in [-0.39, 0.29) is 18.7 Å². The first kappa shape index (κ1) is 14.8. The number of nitrogens with one attached hydrogen (secondary N) is 1. The summed E-state index contributed by atoms with van der Waals surface area (Å²) in [6, 6.07) is 6.00. The van der Waals surface area contributed by atoms with E-state index in [9.17, 15) is 9.18 Å². The van der Waals surface area contributed by atoms with Crippen LogP contribution in [0.1, 0.15) is 21.6 Å². The molecule has 0 unspecified atom stereocenters. The molecule has 0 radical (unpaired) electrons. The first-order valence-electron chi connectivity index (χ1n) is 6.35. The van der Waals surface area contributed by atoms with Crippen LogP contribution in [0.3, 0.4) is 0 Å². The van der Waals surface area contributed by atoms with Crippen molar-refractivity contribution in [2.75, 3.05) is 6.54 Å². The first-order valence-corrected chi connectivity index (χ1v) is 6.35. The van der Waals surface area contributed by atoms with Crippen LogP contribution in [-0.2, 0) is 13.6 Å². The molecule has 108 valence electrons. The van der Waals surface area contributed by atoms with Gasteiger partial charge in [0.2, 0.25) is 0 Å². The van der Waals surface area contributed by atoms with Crippen LogP contribution in [-0.4, -0.2) is 22.2 Å². The number of nitrogens with zero attached hydrogens (tertiary/aromatic N) is 2. The highest BCUT2D eigenvalue weighted by molar-refractivity contribution is 5.94. The van der Waals surface area contributed by atoms with E-state index in [1.54, 1.807) is 30.1 Å². The second-order valence-corrected chi connectivity index (χ2v) is 4.33. The van der Waals surface area contributed by atoms with E-state index in [0.717, 1.165) is 5.69 Å². The largest absolute Gasteiger partial charge is 0.346 e. The second kappa shape index (κ2) is 6.68. The van der Waals surface area contributed by atoms with Crippen molar-refractivity contribution in [3.8, 4) is 11.8 Å². The molecule has 0 saturated carbocycles. The van der Waals surface area contributed by atoms with Gasteiger partial charge < -0.3 is 11.1 Å². The Morgan fingerprint density at radius 2 is 2.29 bits per heavy atom. The molecule has 1 aromatic heterocycles. The number of nitrogens with two attached hydrogens (primary N) is 1. The fraction of sp³-hybridized carbons (Fsp3) is 0.200. The molecule has 3 N–H and O–H groups in total. The molecular formula is C15H15FN4O. The summed E-state index contributed by atoms with van der Waals surface area (Å²) in [7, 11) is 1.77. The monoisotopic (exact) mass is 286 g/mol. The Morgan fingerprint density at radius 1 is 1.48 bits per heavy atom. The molecule has 2 aromatic rings. The molecule has 21 heavy (non-hydrogen) atoms. The fourth-order valence-electron chi connectivity index (χ4n) is 1.77. The maximum atomic E-state index is 13.9. The fourth-order valence-corrected chi connectivity index (χ4v) is 1.77. The van der Waals surface area contributed by atoms with E-state index < -0.39 is 11.7 Å².